The van der Waals surface area contributed by atoms with Crippen molar-refractivity contribution >= 4 is 24.8 Å². The zero-order valence-corrected chi connectivity index (χ0v) is 16.3. The third-order valence-electron chi connectivity index (χ3n) is 4.34. The third-order valence-corrected chi connectivity index (χ3v) is 4.34. The standard InChI is InChI=1S/C20H24N2O2.2ClH/c1-2-19(22-12-10-21-11-13-22)18-9-8-17(14-20(18)23)24-15-16-6-4-3-5-7-16;;/h2-9,14,19,21,23H,1,10-13,15H2;2*1H/t19-;;/m0../s1. The van der Waals surface area contributed by atoms with E-state index in [-0.39, 0.29) is 36.6 Å². The molecule has 0 spiro atoms. The van der Waals surface area contributed by atoms with E-state index in [2.05, 4.69) is 16.8 Å². The van der Waals surface area contributed by atoms with Gasteiger partial charge in [0.05, 0.1) is 6.04 Å². The monoisotopic (exact) mass is 396 g/mol. The molecule has 0 radical (unpaired) electrons. The Morgan fingerprint density at radius 3 is 2.42 bits per heavy atom. The quantitative estimate of drug-likeness (QED) is 0.725. The summed E-state index contributed by atoms with van der Waals surface area (Å²) < 4.78 is 5.78. The van der Waals surface area contributed by atoms with Crippen molar-refractivity contribution < 1.29 is 9.84 Å². The van der Waals surface area contributed by atoms with Gasteiger partial charge in [0.25, 0.3) is 0 Å². The van der Waals surface area contributed by atoms with Crippen molar-refractivity contribution in [1.82, 2.24) is 10.2 Å². The number of aromatic hydroxyl groups is 1. The summed E-state index contributed by atoms with van der Waals surface area (Å²) >= 11 is 0. The highest BCUT2D eigenvalue weighted by Gasteiger charge is 2.22. The van der Waals surface area contributed by atoms with Crippen LogP contribution in [0.15, 0.2) is 61.2 Å². The van der Waals surface area contributed by atoms with Crippen LogP contribution in [0.4, 0.5) is 0 Å². The average molecular weight is 397 g/mol. The van der Waals surface area contributed by atoms with Gasteiger partial charge in [-0.05, 0) is 17.7 Å². The Bertz CT molecular complexity index is 677. The fourth-order valence-corrected chi connectivity index (χ4v) is 3.04. The highest BCUT2D eigenvalue weighted by Crippen LogP contribution is 2.33. The van der Waals surface area contributed by atoms with Gasteiger partial charge in [0, 0.05) is 37.8 Å². The maximum atomic E-state index is 10.5. The lowest BCUT2D eigenvalue weighted by Gasteiger charge is -2.33. The molecule has 0 unspecified atom stereocenters. The molecule has 0 aliphatic carbocycles. The summed E-state index contributed by atoms with van der Waals surface area (Å²) in [7, 11) is 0. The first-order valence-corrected chi connectivity index (χ1v) is 8.35. The van der Waals surface area contributed by atoms with Gasteiger partial charge in [-0.1, -0.05) is 36.4 Å². The second-order valence-corrected chi connectivity index (χ2v) is 5.96. The molecule has 3 rings (SSSR count). The predicted octanol–water partition coefficient (Wildman–Crippen LogP) is 3.95. The number of phenols is 1. The van der Waals surface area contributed by atoms with Gasteiger partial charge in [0.2, 0.25) is 0 Å². The number of hydrogen-bond donors (Lipinski definition) is 2. The van der Waals surface area contributed by atoms with Gasteiger partial charge in [-0.3, -0.25) is 4.90 Å². The Balaban J connectivity index is 0.00000169. The van der Waals surface area contributed by atoms with Gasteiger partial charge in [-0.2, -0.15) is 0 Å². The van der Waals surface area contributed by atoms with Crippen molar-refractivity contribution in [3.8, 4) is 11.5 Å². The molecule has 2 aromatic carbocycles. The number of benzene rings is 2. The molecule has 1 heterocycles. The van der Waals surface area contributed by atoms with Crippen LogP contribution >= 0.6 is 24.8 Å². The van der Waals surface area contributed by atoms with E-state index in [9.17, 15) is 5.11 Å². The van der Waals surface area contributed by atoms with Crippen molar-refractivity contribution in [3.63, 3.8) is 0 Å². The first kappa shape index (κ1) is 22.3. The normalized spacial score (nSPS) is 15.2. The van der Waals surface area contributed by atoms with E-state index in [0.717, 1.165) is 37.3 Å². The fraction of sp³-hybridized carbons (Fsp3) is 0.300. The van der Waals surface area contributed by atoms with E-state index >= 15 is 0 Å². The number of phenolic OH excluding ortho intramolecular Hbond substituents is 1. The van der Waals surface area contributed by atoms with Crippen molar-refractivity contribution in [2.45, 2.75) is 12.6 Å². The lowest BCUT2D eigenvalue weighted by Crippen LogP contribution is -2.44. The molecule has 26 heavy (non-hydrogen) atoms. The minimum atomic E-state index is 0. The van der Waals surface area contributed by atoms with Gasteiger partial charge < -0.3 is 15.2 Å². The lowest BCUT2D eigenvalue weighted by atomic mass is 10.0. The van der Waals surface area contributed by atoms with Crippen molar-refractivity contribution in [1.29, 1.82) is 0 Å². The number of piperazine rings is 1. The SMILES string of the molecule is C=C[C@@H](c1ccc(OCc2ccccc2)cc1O)N1CCNCC1.Cl.Cl. The Labute approximate surface area is 167 Å². The molecule has 1 atom stereocenters. The molecule has 1 saturated heterocycles. The topological polar surface area (TPSA) is 44.7 Å². The molecule has 4 nitrogen and oxygen atoms in total. The van der Waals surface area contributed by atoms with Crippen LogP contribution in [0.5, 0.6) is 11.5 Å². The molecular weight excluding hydrogens is 371 g/mol. The van der Waals surface area contributed by atoms with E-state index in [0.29, 0.717) is 12.4 Å². The highest BCUT2D eigenvalue weighted by molar-refractivity contribution is 5.85. The predicted molar refractivity (Wildman–Crippen MR) is 111 cm³/mol. The second-order valence-electron chi connectivity index (χ2n) is 5.96. The summed E-state index contributed by atoms with van der Waals surface area (Å²) in [4.78, 5) is 2.32. The summed E-state index contributed by atoms with van der Waals surface area (Å²) in [5.74, 6) is 0.923. The number of ether oxygens (including phenoxy) is 1. The van der Waals surface area contributed by atoms with Crippen LogP contribution in [0.3, 0.4) is 0 Å². The van der Waals surface area contributed by atoms with E-state index in [1.807, 2.05) is 48.5 Å². The van der Waals surface area contributed by atoms with Crippen LogP contribution in [0.2, 0.25) is 0 Å². The van der Waals surface area contributed by atoms with Gasteiger partial charge in [-0.25, -0.2) is 0 Å². The van der Waals surface area contributed by atoms with Crippen LogP contribution < -0.4 is 10.1 Å². The van der Waals surface area contributed by atoms with Gasteiger partial charge in [0.15, 0.2) is 0 Å². The van der Waals surface area contributed by atoms with Crippen LogP contribution in [-0.4, -0.2) is 36.2 Å². The zero-order chi connectivity index (χ0) is 16.8. The maximum Gasteiger partial charge on any atom is 0.124 e. The summed E-state index contributed by atoms with van der Waals surface area (Å²) in [5, 5.41) is 13.8. The van der Waals surface area contributed by atoms with Crippen LogP contribution in [0.25, 0.3) is 0 Å². The summed E-state index contributed by atoms with van der Waals surface area (Å²) in [6, 6.07) is 15.6. The molecule has 0 aromatic heterocycles. The van der Waals surface area contributed by atoms with Crippen molar-refractivity contribution in [3.05, 3.63) is 72.3 Å². The zero-order valence-electron chi connectivity index (χ0n) is 14.6. The summed E-state index contributed by atoms with van der Waals surface area (Å²) in [5.41, 5.74) is 1.98. The Kier molecular flexibility index (Phi) is 9.52. The Morgan fingerprint density at radius 1 is 1.12 bits per heavy atom. The maximum absolute atomic E-state index is 10.5. The van der Waals surface area contributed by atoms with Crippen molar-refractivity contribution in [2.24, 2.45) is 0 Å². The van der Waals surface area contributed by atoms with E-state index in [1.165, 1.54) is 0 Å². The molecule has 2 aromatic rings. The summed E-state index contributed by atoms with van der Waals surface area (Å²) in [6.07, 6.45) is 1.89. The molecule has 6 heteroatoms. The molecule has 0 bridgehead atoms. The smallest absolute Gasteiger partial charge is 0.124 e. The van der Waals surface area contributed by atoms with Crippen LogP contribution in [0, 0.1) is 0 Å². The van der Waals surface area contributed by atoms with E-state index < -0.39 is 0 Å². The minimum Gasteiger partial charge on any atom is -0.507 e. The first-order chi connectivity index (χ1) is 11.8. The second kappa shape index (κ2) is 11.1. The van der Waals surface area contributed by atoms with E-state index in [1.54, 1.807) is 6.07 Å². The first-order valence-electron chi connectivity index (χ1n) is 8.35. The number of nitrogens with zero attached hydrogens (tertiary/aromatic N) is 1. The molecule has 142 valence electrons. The molecular formula is C20H26Cl2N2O2. The van der Waals surface area contributed by atoms with Crippen LogP contribution in [0.1, 0.15) is 17.2 Å². The van der Waals surface area contributed by atoms with E-state index in [4.69, 9.17) is 4.74 Å². The number of nitrogens with one attached hydrogen (secondary N) is 1. The minimum absolute atomic E-state index is 0. The Morgan fingerprint density at radius 2 is 1.81 bits per heavy atom. The van der Waals surface area contributed by atoms with Crippen molar-refractivity contribution in [2.75, 3.05) is 26.2 Å². The molecule has 1 fully saturated rings. The number of halogens is 2. The molecule has 0 amide bonds. The highest BCUT2D eigenvalue weighted by atomic mass is 35.5. The van der Waals surface area contributed by atoms with Gasteiger partial charge >= 0.3 is 0 Å². The molecule has 1 aliphatic rings. The molecule has 2 N–H and O–H groups in total. The average Bonchev–Trinajstić information content (AvgIpc) is 2.64. The lowest BCUT2D eigenvalue weighted by molar-refractivity contribution is 0.200. The largest absolute Gasteiger partial charge is 0.507 e. The number of hydrogen-bond acceptors (Lipinski definition) is 4. The molecule has 0 saturated carbocycles. The van der Waals surface area contributed by atoms with Gasteiger partial charge in [0.1, 0.15) is 18.1 Å². The summed E-state index contributed by atoms with van der Waals surface area (Å²) in [6.45, 7) is 8.25. The Hall–Kier alpha value is -1.72. The fourth-order valence-electron chi connectivity index (χ4n) is 3.04. The van der Waals surface area contributed by atoms with Crippen LogP contribution in [-0.2, 0) is 6.61 Å². The number of rotatable bonds is 6. The van der Waals surface area contributed by atoms with Gasteiger partial charge in [-0.15, -0.1) is 31.4 Å². The third kappa shape index (κ3) is 5.64. The molecule has 1 aliphatic heterocycles.